The van der Waals surface area contributed by atoms with Crippen LogP contribution in [0.5, 0.6) is 0 Å². The molecule has 0 spiro atoms. The van der Waals surface area contributed by atoms with Gasteiger partial charge in [0.1, 0.15) is 31.5 Å². The third kappa shape index (κ3) is 41.1. The molecular weight excluding hydrogens is 1190 g/mol. The minimum absolute atomic E-state index is 0.00877. The molecule has 2 saturated heterocycles. The maximum Gasteiger partial charge on any atom is 0.306 e. The highest BCUT2D eigenvalue weighted by Crippen LogP contribution is 2.36. The summed E-state index contributed by atoms with van der Waals surface area (Å²) in [6, 6.07) is 0. The van der Waals surface area contributed by atoms with Gasteiger partial charge in [-0.05, 0) is 44.9 Å². The Morgan fingerprint density at radius 2 is 0.484 bits per heavy atom. The summed E-state index contributed by atoms with van der Waals surface area (Å²) in [5.41, 5.74) is 0. The molecule has 0 radical (unpaired) electrons. The normalized spacial score (nSPS) is 21.2. The van der Waals surface area contributed by atoms with Crippen molar-refractivity contribution in [2.24, 2.45) is 0 Å². The van der Waals surface area contributed by atoms with Crippen LogP contribution < -0.4 is 0 Å². The number of unbranched alkanes of at least 4 members (excludes halogenated alkanes) is 35. The second-order valence-electron chi connectivity index (χ2n) is 26.5. The highest BCUT2D eigenvalue weighted by molar-refractivity contribution is 5.73. The number of esters is 7. The largest absolute Gasteiger partial charge is 0.463 e. The van der Waals surface area contributed by atoms with Crippen LogP contribution in [-0.4, -0.2) is 122 Å². The second kappa shape index (κ2) is 57.2. The number of carbonyl (C=O) groups is 7. The molecule has 0 bridgehead atoms. The van der Waals surface area contributed by atoms with Gasteiger partial charge in [-0.3, -0.25) is 33.6 Å². The minimum Gasteiger partial charge on any atom is -0.463 e. The molecule has 2 aliphatic rings. The first-order valence-electron chi connectivity index (χ1n) is 38.2. The number of aliphatic hydroxyl groups is 1. The van der Waals surface area contributed by atoms with Crippen molar-refractivity contribution < 1.29 is 86.0 Å². The molecule has 542 valence electrons. The summed E-state index contributed by atoms with van der Waals surface area (Å²) in [5, 5.41) is 12.0. The highest BCUT2D eigenvalue weighted by Gasteiger charge is 2.58. The van der Waals surface area contributed by atoms with E-state index in [0.717, 1.165) is 225 Å². The maximum absolute atomic E-state index is 14.5. The van der Waals surface area contributed by atoms with Gasteiger partial charge in [-0.2, -0.15) is 0 Å². The molecule has 2 heterocycles. The van der Waals surface area contributed by atoms with E-state index in [-0.39, 0.29) is 44.9 Å². The molecule has 0 aromatic heterocycles. The van der Waals surface area contributed by atoms with Gasteiger partial charge in [-0.15, -0.1) is 0 Å². The van der Waals surface area contributed by atoms with Crippen molar-refractivity contribution >= 4 is 41.8 Å². The van der Waals surface area contributed by atoms with Crippen molar-refractivity contribution in [2.75, 3.05) is 13.2 Å². The third-order valence-electron chi connectivity index (χ3n) is 17.8. The van der Waals surface area contributed by atoms with Crippen LogP contribution in [0.2, 0.25) is 0 Å². The molecule has 0 saturated carbocycles. The quantitative estimate of drug-likeness (QED) is 0.0339. The lowest BCUT2D eigenvalue weighted by atomic mass is 9.95. The molecule has 18 heteroatoms. The number of ether oxygens (including phenoxy) is 10. The van der Waals surface area contributed by atoms with E-state index in [1.807, 2.05) is 0 Å². The van der Waals surface area contributed by atoms with Crippen molar-refractivity contribution in [1.29, 1.82) is 0 Å². The third-order valence-corrected chi connectivity index (χ3v) is 17.8. The predicted molar refractivity (Wildman–Crippen MR) is 362 cm³/mol. The maximum atomic E-state index is 14.5. The van der Waals surface area contributed by atoms with Crippen LogP contribution in [0.3, 0.4) is 0 Å². The van der Waals surface area contributed by atoms with Gasteiger partial charge in [-0.25, -0.2) is 0 Å². The molecule has 10 atom stereocenters. The first-order chi connectivity index (χ1) is 45.3. The Labute approximate surface area is 563 Å². The molecular formula is C75H134O18. The summed E-state index contributed by atoms with van der Waals surface area (Å²) >= 11 is 0. The van der Waals surface area contributed by atoms with E-state index >= 15 is 0 Å². The Bertz CT molecular complexity index is 1910. The SMILES string of the molecule is CCCCCCCCC(=O)OC[C@H]1O[C@@H](O)[C@H](OC(=O)CCCCCCCC)[C@@H](OC(=O)CCCCCCCC)[C@H]1O[C@H]1O[C@H](COC(=O)CCCCCCCC)[C@@H](OC(=O)CCCCCCCC)[C@H](OC(=O)CCCCCCCC)[C@H]1OC(=O)CCCCCCCC. The van der Waals surface area contributed by atoms with Gasteiger partial charge in [0.15, 0.2) is 43.1 Å². The number of carbonyl (C=O) groups excluding carboxylic acids is 7. The fourth-order valence-corrected chi connectivity index (χ4v) is 12.0. The summed E-state index contributed by atoms with van der Waals surface area (Å²) in [6.45, 7) is 13.9. The van der Waals surface area contributed by atoms with Gasteiger partial charge in [0.2, 0.25) is 0 Å². The van der Waals surface area contributed by atoms with Crippen molar-refractivity contribution in [3.8, 4) is 0 Å². The molecule has 1 N–H and O–H groups in total. The summed E-state index contributed by atoms with van der Waals surface area (Å²) in [5.74, 6) is -4.43. The van der Waals surface area contributed by atoms with Gasteiger partial charge in [-0.1, -0.05) is 273 Å². The van der Waals surface area contributed by atoms with Crippen LogP contribution >= 0.6 is 0 Å². The zero-order chi connectivity index (χ0) is 67.9. The number of hydrogen-bond acceptors (Lipinski definition) is 18. The van der Waals surface area contributed by atoms with Gasteiger partial charge < -0.3 is 52.5 Å². The zero-order valence-electron chi connectivity index (χ0n) is 59.7. The van der Waals surface area contributed by atoms with Gasteiger partial charge in [0.25, 0.3) is 0 Å². The Kier molecular flexibility index (Phi) is 52.4. The minimum atomic E-state index is -1.92. The van der Waals surface area contributed by atoms with Crippen LogP contribution in [-0.2, 0) is 80.9 Å². The standard InChI is InChI=1S/C75H134O18/c1-8-15-22-29-36-43-50-61(76)84-57-59-69(70(89-64(79)53-46-39-32-25-18-11-4)72(74(83)86-59)91-66(81)55-48-41-34-27-20-13-6)93-75-73(92-67(82)56-49-42-35-28-21-14-7)71(90-65(80)54-47-40-33-26-19-12-5)68(88-63(78)52-45-38-31-24-17-10-3)60(87-75)58-85-62(77)51-44-37-30-23-16-9-2/h59-60,68-75,83H,8-58H2,1-7H3/t59-,60-,68-,69+,70+,71+,72-,73-,74-,75-/m1/s1. The smallest absolute Gasteiger partial charge is 0.306 e. The van der Waals surface area contributed by atoms with Gasteiger partial charge >= 0.3 is 41.8 Å². The van der Waals surface area contributed by atoms with E-state index in [4.69, 9.17) is 47.4 Å². The van der Waals surface area contributed by atoms with E-state index in [1.54, 1.807) is 0 Å². The molecule has 0 aromatic carbocycles. The zero-order valence-corrected chi connectivity index (χ0v) is 59.7. The van der Waals surface area contributed by atoms with Crippen LogP contribution in [0.1, 0.15) is 363 Å². The molecule has 0 aliphatic carbocycles. The van der Waals surface area contributed by atoms with E-state index in [9.17, 15) is 38.7 Å². The molecule has 0 aromatic rings. The van der Waals surface area contributed by atoms with Crippen molar-refractivity contribution in [1.82, 2.24) is 0 Å². The fraction of sp³-hybridized carbons (Fsp3) is 0.907. The average molecular weight is 1320 g/mol. The first kappa shape index (κ1) is 85.2. The van der Waals surface area contributed by atoms with Crippen LogP contribution in [0.4, 0.5) is 0 Å². The highest BCUT2D eigenvalue weighted by atomic mass is 16.8. The van der Waals surface area contributed by atoms with Crippen LogP contribution in [0.15, 0.2) is 0 Å². The average Bonchev–Trinajstić information content (AvgIpc) is 0.786. The Balaban J connectivity index is 2.97. The lowest BCUT2D eigenvalue weighted by Crippen LogP contribution is -2.67. The molecule has 18 nitrogen and oxygen atoms in total. The van der Waals surface area contributed by atoms with Crippen LogP contribution in [0.25, 0.3) is 0 Å². The second-order valence-corrected chi connectivity index (χ2v) is 26.5. The van der Waals surface area contributed by atoms with E-state index in [1.165, 1.54) is 0 Å². The molecule has 0 amide bonds. The molecule has 2 aliphatic heterocycles. The number of hydrogen-bond donors (Lipinski definition) is 1. The molecule has 2 rings (SSSR count). The summed E-state index contributed by atoms with van der Waals surface area (Å²) < 4.78 is 63.9. The summed E-state index contributed by atoms with van der Waals surface area (Å²) in [6.07, 6.45) is 21.3. The first-order valence-corrected chi connectivity index (χ1v) is 38.2. The number of rotatable bonds is 60. The molecule has 2 fully saturated rings. The summed E-state index contributed by atoms with van der Waals surface area (Å²) in [7, 11) is 0. The lowest BCUT2D eigenvalue weighted by Gasteiger charge is -2.48. The van der Waals surface area contributed by atoms with Crippen LogP contribution in [0, 0.1) is 0 Å². The van der Waals surface area contributed by atoms with E-state index < -0.39 is 116 Å². The molecule has 0 unspecified atom stereocenters. The Morgan fingerprint density at radius 1 is 0.258 bits per heavy atom. The Hall–Kier alpha value is -3.87. The lowest BCUT2D eigenvalue weighted by molar-refractivity contribution is -0.357. The van der Waals surface area contributed by atoms with Gasteiger partial charge in [0.05, 0.1) is 0 Å². The number of aliphatic hydroxyl groups excluding tert-OH is 1. The van der Waals surface area contributed by atoms with Crippen molar-refractivity contribution in [3.63, 3.8) is 0 Å². The van der Waals surface area contributed by atoms with E-state index in [2.05, 4.69) is 48.5 Å². The monoisotopic (exact) mass is 1320 g/mol. The fourth-order valence-electron chi connectivity index (χ4n) is 12.0. The predicted octanol–water partition coefficient (Wildman–Crippen LogP) is 17.7. The van der Waals surface area contributed by atoms with Crippen molar-refractivity contribution in [3.05, 3.63) is 0 Å². The van der Waals surface area contributed by atoms with Crippen molar-refractivity contribution in [2.45, 2.75) is 424 Å². The Morgan fingerprint density at radius 3 is 0.785 bits per heavy atom. The molecule has 93 heavy (non-hydrogen) atoms. The van der Waals surface area contributed by atoms with E-state index in [0.29, 0.717) is 44.9 Å². The topological polar surface area (TPSA) is 232 Å². The van der Waals surface area contributed by atoms with Gasteiger partial charge in [0, 0.05) is 44.9 Å². The summed E-state index contributed by atoms with van der Waals surface area (Å²) in [4.78, 5) is 98.9.